The lowest BCUT2D eigenvalue weighted by molar-refractivity contribution is -0.121. The zero-order chi connectivity index (χ0) is 20.5. The SMILES string of the molecule is Cc1ccc(C)c(CNC(=O)CCS(=O)(=O)c2ccc3c(c2)CC(=O)N3C)c1. The highest BCUT2D eigenvalue weighted by Gasteiger charge is 2.26. The van der Waals surface area contributed by atoms with Crippen molar-refractivity contribution in [3.8, 4) is 0 Å². The second kappa shape index (κ2) is 7.75. The second-order valence-electron chi connectivity index (χ2n) is 7.20. The van der Waals surface area contributed by atoms with Gasteiger partial charge in [-0.2, -0.15) is 0 Å². The summed E-state index contributed by atoms with van der Waals surface area (Å²) >= 11 is 0. The topological polar surface area (TPSA) is 83.5 Å². The van der Waals surface area contributed by atoms with E-state index < -0.39 is 9.84 Å². The predicted octanol–water partition coefficient (Wildman–Crippen LogP) is 2.30. The normalized spacial score (nSPS) is 13.5. The fourth-order valence-corrected chi connectivity index (χ4v) is 4.54. The minimum absolute atomic E-state index is 0.0598. The number of rotatable bonds is 6. The van der Waals surface area contributed by atoms with Crippen LogP contribution in [0.1, 0.15) is 28.7 Å². The number of likely N-dealkylation sites (N-methyl/N-ethyl adjacent to an activating group) is 1. The number of hydrogen-bond donors (Lipinski definition) is 1. The monoisotopic (exact) mass is 400 g/mol. The van der Waals surface area contributed by atoms with E-state index in [1.54, 1.807) is 19.2 Å². The van der Waals surface area contributed by atoms with Crippen LogP contribution in [0.15, 0.2) is 41.3 Å². The van der Waals surface area contributed by atoms with E-state index in [9.17, 15) is 18.0 Å². The quantitative estimate of drug-likeness (QED) is 0.807. The highest BCUT2D eigenvalue weighted by molar-refractivity contribution is 7.91. The molecule has 7 heteroatoms. The van der Waals surface area contributed by atoms with Crippen molar-refractivity contribution < 1.29 is 18.0 Å². The standard InChI is InChI=1S/C21H24N2O4S/c1-14-4-5-15(2)17(10-14)13-22-20(24)8-9-28(26,27)18-6-7-19-16(11-18)12-21(25)23(19)3/h4-7,10-11H,8-9,12-13H2,1-3H3,(H,22,24). The Labute approximate surface area is 165 Å². The van der Waals surface area contributed by atoms with Crippen LogP contribution in [-0.2, 0) is 32.4 Å². The number of sulfone groups is 1. The summed E-state index contributed by atoms with van der Waals surface area (Å²) in [6, 6.07) is 10.7. The first-order valence-corrected chi connectivity index (χ1v) is 10.8. The molecule has 3 rings (SSSR count). The molecule has 0 saturated carbocycles. The fraction of sp³-hybridized carbons (Fsp3) is 0.333. The van der Waals surface area contributed by atoms with E-state index in [1.807, 2.05) is 32.0 Å². The molecule has 28 heavy (non-hydrogen) atoms. The van der Waals surface area contributed by atoms with Crippen molar-refractivity contribution in [1.82, 2.24) is 5.32 Å². The van der Waals surface area contributed by atoms with Crippen LogP contribution in [0.5, 0.6) is 0 Å². The van der Waals surface area contributed by atoms with Crippen LogP contribution in [0.25, 0.3) is 0 Å². The van der Waals surface area contributed by atoms with Crippen molar-refractivity contribution in [1.29, 1.82) is 0 Å². The Morgan fingerprint density at radius 2 is 1.89 bits per heavy atom. The van der Waals surface area contributed by atoms with E-state index in [4.69, 9.17) is 0 Å². The molecule has 0 atom stereocenters. The number of nitrogens with zero attached hydrogens (tertiary/aromatic N) is 1. The maximum Gasteiger partial charge on any atom is 0.231 e. The Morgan fingerprint density at radius 1 is 1.14 bits per heavy atom. The highest BCUT2D eigenvalue weighted by Crippen LogP contribution is 2.30. The number of anilines is 1. The lowest BCUT2D eigenvalue weighted by atomic mass is 10.1. The largest absolute Gasteiger partial charge is 0.352 e. The van der Waals surface area contributed by atoms with Crippen LogP contribution < -0.4 is 10.2 Å². The molecule has 1 aliphatic heterocycles. The van der Waals surface area contributed by atoms with Gasteiger partial charge in [0.05, 0.1) is 17.1 Å². The summed E-state index contributed by atoms with van der Waals surface area (Å²) in [6.45, 7) is 4.33. The van der Waals surface area contributed by atoms with Gasteiger partial charge in [-0.15, -0.1) is 0 Å². The van der Waals surface area contributed by atoms with E-state index in [1.165, 1.54) is 11.0 Å². The Bertz CT molecular complexity index is 1040. The molecule has 2 aromatic carbocycles. The first-order chi connectivity index (χ1) is 13.2. The van der Waals surface area contributed by atoms with E-state index in [-0.39, 0.29) is 35.3 Å². The average molecular weight is 401 g/mol. The second-order valence-corrected chi connectivity index (χ2v) is 9.30. The smallest absolute Gasteiger partial charge is 0.231 e. The molecule has 0 bridgehead atoms. The minimum atomic E-state index is -3.60. The molecule has 1 N–H and O–H groups in total. The summed E-state index contributed by atoms with van der Waals surface area (Å²) in [7, 11) is -1.93. The van der Waals surface area contributed by atoms with Gasteiger partial charge in [-0.3, -0.25) is 9.59 Å². The third-order valence-electron chi connectivity index (χ3n) is 5.07. The third kappa shape index (κ3) is 4.25. The van der Waals surface area contributed by atoms with E-state index in [0.717, 1.165) is 22.4 Å². The van der Waals surface area contributed by atoms with Gasteiger partial charge in [-0.1, -0.05) is 23.8 Å². The molecular weight excluding hydrogens is 376 g/mol. The highest BCUT2D eigenvalue weighted by atomic mass is 32.2. The summed E-state index contributed by atoms with van der Waals surface area (Å²) in [5, 5.41) is 2.79. The number of nitrogens with one attached hydrogen (secondary N) is 1. The van der Waals surface area contributed by atoms with Crippen molar-refractivity contribution in [3.05, 3.63) is 58.7 Å². The molecule has 0 aliphatic carbocycles. The third-order valence-corrected chi connectivity index (χ3v) is 6.78. The van der Waals surface area contributed by atoms with Crippen molar-refractivity contribution in [2.75, 3.05) is 17.7 Å². The minimum Gasteiger partial charge on any atom is -0.352 e. The van der Waals surface area contributed by atoms with Crippen molar-refractivity contribution in [3.63, 3.8) is 0 Å². The number of benzene rings is 2. The van der Waals surface area contributed by atoms with Crippen LogP contribution in [-0.4, -0.2) is 33.0 Å². The lowest BCUT2D eigenvalue weighted by Crippen LogP contribution is -2.25. The summed E-state index contributed by atoms with van der Waals surface area (Å²) in [5.41, 5.74) is 4.64. The van der Waals surface area contributed by atoms with Gasteiger partial charge < -0.3 is 10.2 Å². The van der Waals surface area contributed by atoms with Gasteiger partial charge in [0, 0.05) is 25.7 Å². The molecule has 0 radical (unpaired) electrons. The Kier molecular flexibility index (Phi) is 5.56. The summed E-state index contributed by atoms with van der Waals surface area (Å²) in [5.74, 6) is -0.635. The molecule has 2 amide bonds. The fourth-order valence-electron chi connectivity index (χ4n) is 3.26. The molecule has 1 aliphatic rings. The number of amides is 2. The van der Waals surface area contributed by atoms with Crippen LogP contribution in [0.2, 0.25) is 0 Å². The van der Waals surface area contributed by atoms with E-state index in [2.05, 4.69) is 5.32 Å². The molecule has 2 aromatic rings. The van der Waals surface area contributed by atoms with Crippen molar-refractivity contribution in [2.45, 2.75) is 38.1 Å². The molecule has 0 spiro atoms. The Hall–Kier alpha value is -2.67. The van der Waals surface area contributed by atoms with Crippen molar-refractivity contribution >= 4 is 27.3 Å². The maximum atomic E-state index is 12.6. The molecule has 0 aromatic heterocycles. The Balaban J connectivity index is 1.61. The summed E-state index contributed by atoms with van der Waals surface area (Å²) in [4.78, 5) is 25.6. The number of aryl methyl sites for hydroxylation is 2. The number of fused-ring (bicyclic) bond motifs is 1. The van der Waals surface area contributed by atoms with Gasteiger partial charge in [0.25, 0.3) is 0 Å². The van der Waals surface area contributed by atoms with E-state index >= 15 is 0 Å². The predicted molar refractivity (Wildman–Crippen MR) is 108 cm³/mol. The van der Waals surface area contributed by atoms with Gasteiger partial charge in [0.15, 0.2) is 9.84 Å². The number of hydrogen-bond acceptors (Lipinski definition) is 4. The van der Waals surface area contributed by atoms with Gasteiger partial charge in [-0.25, -0.2) is 8.42 Å². The average Bonchev–Trinajstić information content (AvgIpc) is 2.94. The van der Waals surface area contributed by atoms with Gasteiger partial charge in [-0.05, 0) is 48.7 Å². The molecule has 148 valence electrons. The van der Waals surface area contributed by atoms with Gasteiger partial charge in [0.1, 0.15) is 0 Å². The van der Waals surface area contributed by atoms with Gasteiger partial charge >= 0.3 is 0 Å². The van der Waals surface area contributed by atoms with Crippen LogP contribution in [0, 0.1) is 13.8 Å². The molecule has 0 saturated heterocycles. The molecule has 0 fully saturated rings. The van der Waals surface area contributed by atoms with Crippen molar-refractivity contribution in [2.24, 2.45) is 0 Å². The molecule has 6 nitrogen and oxygen atoms in total. The first-order valence-electron chi connectivity index (χ1n) is 9.12. The lowest BCUT2D eigenvalue weighted by Gasteiger charge is -2.11. The van der Waals surface area contributed by atoms with Crippen LogP contribution in [0.4, 0.5) is 5.69 Å². The zero-order valence-electron chi connectivity index (χ0n) is 16.3. The van der Waals surface area contributed by atoms with Crippen LogP contribution in [0.3, 0.4) is 0 Å². The number of carbonyl (C=O) groups excluding carboxylic acids is 2. The van der Waals surface area contributed by atoms with Gasteiger partial charge in [0.2, 0.25) is 11.8 Å². The first kappa shape index (κ1) is 20.1. The molecular formula is C21H24N2O4S. The van der Waals surface area contributed by atoms with E-state index in [0.29, 0.717) is 12.1 Å². The molecule has 1 heterocycles. The maximum absolute atomic E-state index is 12.6. The number of carbonyl (C=O) groups is 2. The van der Waals surface area contributed by atoms with Crippen LogP contribution >= 0.6 is 0 Å². The summed E-state index contributed by atoms with van der Waals surface area (Å²) < 4.78 is 25.2. The Morgan fingerprint density at radius 3 is 2.64 bits per heavy atom. The summed E-state index contributed by atoms with van der Waals surface area (Å²) in [6.07, 6.45) is 0.0919. The zero-order valence-corrected chi connectivity index (χ0v) is 17.1. The molecule has 0 unspecified atom stereocenters.